The molecule has 0 aromatic carbocycles. The molecule has 0 unspecified atom stereocenters. The van der Waals surface area contributed by atoms with E-state index in [1.807, 2.05) is 23.1 Å². The highest BCUT2D eigenvalue weighted by atomic mass is 32.1. The van der Waals surface area contributed by atoms with E-state index in [1.54, 1.807) is 24.5 Å². The Bertz CT molecular complexity index is 674. The molecule has 7 heteroatoms. The van der Waals surface area contributed by atoms with Crippen LogP contribution in [-0.4, -0.2) is 54.4 Å². The average Bonchev–Trinajstić information content (AvgIpc) is 3.32. The molecule has 3 rings (SSSR count). The maximum absolute atomic E-state index is 11.5. The van der Waals surface area contributed by atoms with Gasteiger partial charge in [0.25, 0.3) is 0 Å². The summed E-state index contributed by atoms with van der Waals surface area (Å²) in [5, 5.41) is 5.52. The molecule has 6 nitrogen and oxygen atoms in total. The number of rotatable bonds is 5. The Labute approximate surface area is 152 Å². The first kappa shape index (κ1) is 17.5. The molecule has 0 atom stereocenters. The van der Waals surface area contributed by atoms with Gasteiger partial charge >= 0.3 is 0 Å². The van der Waals surface area contributed by atoms with Gasteiger partial charge in [0, 0.05) is 50.9 Å². The van der Waals surface area contributed by atoms with Crippen molar-refractivity contribution in [2.24, 2.45) is 4.99 Å². The summed E-state index contributed by atoms with van der Waals surface area (Å²) >= 11 is 1.72. The first-order chi connectivity index (χ1) is 12.2. The average molecular weight is 360 g/mol. The maximum Gasteiger partial charge on any atom is 0.219 e. The number of nitrogens with one attached hydrogen (secondary N) is 1. The summed E-state index contributed by atoms with van der Waals surface area (Å²) in [5.74, 6) is 2.01. The molecule has 1 amide bonds. The van der Waals surface area contributed by atoms with Crippen molar-refractivity contribution in [3.63, 3.8) is 0 Å². The van der Waals surface area contributed by atoms with Crippen LogP contribution >= 0.6 is 11.3 Å². The zero-order valence-corrected chi connectivity index (χ0v) is 15.3. The summed E-state index contributed by atoms with van der Waals surface area (Å²) < 4.78 is 5.38. The first-order valence-electron chi connectivity index (χ1n) is 8.56. The molecule has 25 heavy (non-hydrogen) atoms. The molecule has 1 N–H and O–H groups in total. The van der Waals surface area contributed by atoms with Crippen LogP contribution < -0.4 is 5.32 Å². The van der Waals surface area contributed by atoms with Crippen LogP contribution in [0.25, 0.3) is 0 Å². The molecule has 1 aliphatic rings. The minimum Gasteiger partial charge on any atom is -0.469 e. The highest BCUT2D eigenvalue weighted by molar-refractivity contribution is 7.09. The molecule has 2 aromatic heterocycles. The van der Waals surface area contributed by atoms with Crippen LogP contribution in [0.2, 0.25) is 0 Å². The second-order valence-corrected chi connectivity index (χ2v) is 7.00. The number of hydrogen-bond acceptors (Lipinski definition) is 4. The summed E-state index contributed by atoms with van der Waals surface area (Å²) in [7, 11) is 0. The smallest absolute Gasteiger partial charge is 0.219 e. The van der Waals surface area contributed by atoms with Crippen molar-refractivity contribution in [3.05, 3.63) is 46.5 Å². The minimum atomic E-state index is 0.141. The number of nitrogens with zero attached hydrogens (tertiary/aromatic N) is 3. The van der Waals surface area contributed by atoms with E-state index in [0.717, 1.165) is 50.9 Å². The zero-order valence-electron chi connectivity index (χ0n) is 14.5. The van der Waals surface area contributed by atoms with E-state index in [1.165, 1.54) is 4.88 Å². The second kappa shape index (κ2) is 8.71. The van der Waals surface area contributed by atoms with Gasteiger partial charge in [-0.1, -0.05) is 6.07 Å². The van der Waals surface area contributed by atoms with E-state index in [0.29, 0.717) is 6.54 Å². The van der Waals surface area contributed by atoms with Crippen LogP contribution in [0.5, 0.6) is 0 Å². The Balaban J connectivity index is 1.59. The lowest BCUT2D eigenvalue weighted by molar-refractivity contribution is -0.130. The molecule has 3 heterocycles. The van der Waals surface area contributed by atoms with Gasteiger partial charge in [-0.25, -0.2) is 4.99 Å². The van der Waals surface area contributed by atoms with E-state index < -0.39 is 0 Å². The number of furan rings is 1. The Morgan fingerprint density at radius 3 is 2.68 bits per heavy atom. The molecule has 1 aliphatic heterocycles. The normalized spacial score (nSPS) is 15.5. The number of carbonyl (C=O) groups excluding carboxylic acids is 1. The van der Waals surface area contributed by atoms with E-state index in [9.17, 15) is 4.79 Å². The Kier molecular flexibility index (Phi) is 6.11. The number of piperazine rings is 1. The number of carbonyl (C=O) groups is 1. The van der Waals surface area contributed by atoms with Crippen LogP contribution in [0.3, 0.4) is 0 Å². The van der Waals surface area contributed by atoms with Gasteiger partial charge < -0.3 is 19.5 Å². The number of amides is 1. The van der Waals surface area contributed by atoms with Crippen molar-refractivity contribution in [1.82, 2.24) is 15.1 Å². The predicted octanol–water partition coefficient (Wildman–Crippen LogP) is 2.19. The molecule has 2 aromatic rings. The lowest BCUT2D eigenvalue weighted by Gasteiger charge is -2.36. The number of hydrogen-bond donors (Lipinski definition) is 1. The maximum atomic E-state index is 11.5. The molecule has 134 valence electrons. The van der Waals surface area contributed by atoms with Crippen molar-refractivity contribution in [2.75, 3.05) is 32.7 Å². The van der Waals surface area contributed by atoms with Crippen molar-refractivity contribution in [3.8, 4) is 0 Å². The summed E-state index contributed by atoms with van der Waals surface area (Å²) in [4.78, 5) is 21.7. The standard InChI is InChI=1S/C18H24N4O2S/c1-15(23)21-8-10-22(11-9-21)18(20-14-17-5-3-13-25-17)19-7-6-16-4-2-12-24-16/h2-5,12-13H,6-11,14H2,1H3,(H,19,20). The lowest BCUT2D eigenvalue weighted by Crippen LogP contribution is -2.53. The van der Waals surface area contributed by atoms with Crippen LogP contribution in [-0.2, 0) is 17.8 Å². The SMILES string of the molecule is CC(=O)N1CCN(C(=NCc2cccs2)NCCc2ccco2)CC1. The van der Waals surface area contributed by atoms with E-state index in [2.05, 4.69) is 21.7 Å². The third-order valence-electron chi connectivity index (χ3n) is 4.22. The quantitative estimate of drug-likeness (QED) is 0.656. The topological polar surface area (TPSA) is 61.1 Å². The van der Waals surface area contributed by atoms with Gasteiger partial charge in [-0.05, 0) is 23.6 Å². The first-order valence-corrected chi connectivity index (χ1v) is 9.44. The monoisotopic (exact) mass is 360 g/mol. The van der Waals surface area contributed by atoms with Crippen LogP contribution in [0, 0.1) is 0 Å². The summed E-state index contributed by atoms with van der Waals surface area (Å²) in [5.41, 5.74) is 0. The van der Waals surface area contributed by atoms with E-state index in [-0.39, 0.29) is 5.91 Å². The fraction of sp³-hybridized carbons (Fsp3) is 0.444. The minimum absolute atomic E-state index is 0.141. The van der Waals surface area contributed by atoms with Gasteiger partial charge in [-0.2, -0.15) is 0 Å². The number of aliphatic imine (C=N–C) groups is 1. The van der Waals surface area contributed by atoms with Crippen LogP contribution in [0.1, 0.15) is 17.6 Å². The molecule has 0 radical (unpaired) electrons. The van der Waals surface area contributed by atoms with Crippen molar-refractivity contribution < 1.29 is 9.21 Å². The predicted molar refractivity (Wildman–Crippen MR) is 99.7 cm³/mol. The highest BCUT2D eigenvalue weighted by Gasteiger charge is 2.21. The second-order valence-electron chi connectivity index (χ2n) is 5.97. The number of thiophene rings is 1. The Morgan fingerprint density at radius 2 is 2.04 bits per heavy atom. The molecule has 1 saturated heterocycles. The van der Waals surface area contributed by atoms with Crippen molar-refractivity contribution in [2.45, 2.75) is 19.9 Å². The van der Waals surface area contributed by atoms with Gasteiger partial charge in [-0.15, -0.1) is 11.3 Å². The molecule has 0 saturated carbocycles. The van der Waals surface area contributed by atoms with Crippen LogP contribution in [0.15, 0.2) is 45.3 Å². The van der Waals surface area contributed by atoms with Gasteiger partial charge in [-0.3, -0.25) is 4.79 Å². The number of guanidine groups is 1. The van der Waals surface area contributed by atoms with Crippen molar-refractivity contribution >= 4 is 23.2 Å². The van der Waals surface area contributed by atoms with Gasteiger partial charge in [0.1, 0.15) is 5.76 Å². The van der Waals surface area contributed by atoms with Crippen LogP contribution in [0.4, 0.5) is 0 Å². The third kappa shape index (κ3) is 5.09. The molecular weight excluding hydrogens is 336 g/mol. The largest absolute Gasteiger partial charge is 0.469 e. The molecular formula is C18H24N4O2S. The highest BCUT2D eigenvalue weighted by Crippen LogP contribution is 2.11. The van der Waals surface area contributed by atoms with Gasteiger partial charge in [0.2, 0.25) is 5.91 Å². The van der Waals surface area contributed by atoms with Crippen molar-refractivity contribution in [1.29, 1.82) is 0 Å². The summed E-state index contributed by atoms with van der Waals surface area (Å²) in [6.45, 7) is 6.16. The Morgan fingerprint density at radius 1 is 1.24 bits per heavy atom. The van der Waals surface area contributed by atoms with Gasteiger partial charge in [0.05, 0.1) is 12.8 Å². The fourth-order valence-electron chi connectivity index (χ4n) is 2.81. The molecule has 1 fully saturated rings. The summed E-state index contributed by atoms with van der Waals surface area (Å²) in [6.07, 6.45) is 2.51. The third-order valence-corrected chi connectivity index (χ3v) is 5.09. The molecule has 0 aliphatic carbocycles. The van der Waals surface area contributed by atoms with E-state index in [4.69, 9.17) is 9.41 Å². The Hall–Kier alpha value is -2.28. The van der Waals surface area contributed by atoms with E-state index >= 15 is 0 Å². The molecule has 0 spiro atoms. The molecule has 0 bridgehead atoms. The fourth-order valence-corrected chi connectivity index (χ4v) is 3.44. The zero-order chi connectivity index (χ0) is 17.5. The van der Waals surface area contributed by atoms with Gasteiger partial charge in [0.15, 0.2) is 5.96 Å². The summed E-state index contributed by atoms with van der Waals surface area (Å²) in [6, 6.07) is 8.03. The lowest BCUT2D eigenvalue weighted by atomic mass is 10.3.